The van der Waals surface area contributed by atoms with Gasteiger partial charge in [-0.2, -0.15) is 0 Å². The van der Waals surface area contributed by atoms with Gasteiger partial charge in [0, 0.05) is 61.8 Å². The maximum atomic E-state index is 13.4. The van der Waals surface area contributed by atoms with Crippen LogP contribution in [-0.4, -0.2) is 54.5 Å². The Hall–Kier alpha value is -3.58. The molecule has 1 atom stereocenters. The van der Waals surface area contributed by atoms with E-state index in [1.165, 1.54) is 0 Å². The summed E-state index contributed by atoms with van der Waals surface area (Å²) in [5.74, 6) is 0.422. The number of nitrogens with one attached hydrogen (secondary N) is 1. The molecule has 0 saturated carbocycles. The Morgan fingerprint density at radius 1 is 1.06 bits per heavy atom. The average Bonchev–Trinajstić information content (AvgIpc) is 2.93. The molecule has 3 heterocycles. The summed E-state index contributed by atoms with van der Waals surface area (Å²) in [6.45, 7) is 2.27. The molecule has 0 radical (unpaired) electrons. The number of amides is 2. The van der Waals surface area contributed by atoms with E-state index < -0.39 is 0 Å². The molecule has 7 nitrogen and oxygen atoms in total. The summed E-state index contributed by atoms with van der Waals surface area (Å²) >= 11 is 6.21. The number of ether oxygens (including phenoxy) is 1. The van der Waals surface area contributed by atoms with Crippen molar-refractivity contribution in [3.8, 4) is 5.75 Å². The number of anilines is 1. The minimum atomic E-state index is -0.265. The van der Waals surface area contributed by atoms with Gasteiger partial charge in [-0.1, -0.05) is 23.7 Å². The zero-order valence-electron chi connectivity index (χ0n) is 20.2. The fourth-order valence-electron chi connectivity index (χ4n) is 4.99. The fourth-order valence-corrected chi connectivity index (χ4v) is 5.22. The van der Waals surface area contributed by atoms with Gasteiger partial charge in [-0.25, -0.2) is 0 Å². The van der Waals surface area contributed by atoms with Gasteiger partial charge in [-0.05, 0) is 55.3 Å². The normalized spacial score (nSPS) is 17.6. The van der Waals surface area contributed by atoms with Crippen molar-refractivity contribution in [2.24, 2.45) is 0 Å². The second-order valence-corrected chi connectivity index (χ2v) is 9.64. The van der Waals surface area contributed by atoms with Crippen LogP contribution in [0.4, 0.5) is 5.69 Å². The van der Waals surface area contributed by atoms with Gasteiger partial charge in [0.15, 0.2) is 0 Å². The first-order chi connectivity index (χ1) is 17.5. The molecular weight excluding hydrogens is 476 g/mol. The van der Waals surface area contributed by atoms with Gasteiger partial charge in [0.2, 0.25) is 0 Å². The summed E-state index contributed by atoms with van der Waals surface area (Å²) in [5, 5.41) is 3.48. The molecule has 2 aromatic carbocycles. The quantitative estimate of drug-likeness (QED) is 0.543. The molecular formula is C28H29ClN4O3. The Kier molecular flexibility index (Phi) is 7.09. The van der Waals surface area contributed by atoms with Crippen molar-refractivity contribution in [1.82, 2.24) is 15.2 Å². The zero-order chi connectivity index (χ0) is 25.1. The largest absolute Gasteiger partial charge is 0.493 e. The first-order valence-electron chi connectivity index (χ1n) is 12.3. The molecule has 1 saturated heterocycles. The molecule has 186 valence electrons. The first-order valence-corrected chi connectivity index (χ1v) is 12.6. The molecule has 0 spiro atoms. The molecule has 0 aliphatic carbocycles. The second kappa shape index (κ2) is 10.6. The van der Waals surface area contributed by atoms with E-state index in [0.717, 1.165) is 37.2 Å². The Morgan fingerprint density at radius 3 is 2.56 bits per heavy atom. The standard InChI is InChI=1S/C28H29ClN4O3/c1-32(20-10-15-33(16-11-20)21-8-13-30-14-9-21)28(35)19-6-7-26-23(18-19)25(12-17-36-26)31-27(34)22-4-2-3-5-24(22)29/h2-9,13-14,18,20,25H,10-12,15-17H2,1H3,(H,31,34)/t25-/m1/s1. The van der Waals surface area contributed by atoms with E-state index in [2.05, 4.69) is 15.2 Å². The van der Waals surface area contributed by atoms with Gasteiger partial charge in [-0.15, -0.1) is 0 Å². The van der Waals surface area contributed by atoms with Crippen LogP contribution in [-0.2, 0) is 0 Å². The monoisotopic (exact) mass is 504 g/mol. The van der Waals surface area contributed by atoms with E-state index in [9.17, 15) is 9.59 Å². The predicted octanol–water partition coefficient (Wildman–Crippen LogP) is 4.73. The summed E-state index contributed by atoms with van der Waals surface area (Å²) in [4.78, 5) is 34.6. The van der Waals surface area contributed by atoms with Gasteiger partial charge in [0.25, 0.3) is 11.8 Å². The third kappa shape index (κ3) is 5.02. The van der Waals surface area contributed by atoms with Crippen molar-refractivity contribution < 1.29 is 14.3 Å². The zero-order valence-corrected chi connectivity index (χ0v) is 20.9. The Bertz CT molecular complexity index is 1240. The molecule has 0 unspecified atom stereocenters. The molecule has 1 aromatic heterocycles. The van der Waals surface area contributed by atoms with Crippen molar-refractivity contribution in [1.29, 1.82) is 0 Å². The number of pyridine rings is 1. The molecule has 2 amide bonds. The Labute approximate surface area is 216 Å². The number of carbonyl (C=O) groups is 2. The summed E-state index contributed by atoms with van der Waals surface area (Å²) in [6, 6.07) is 16.4. The van der Waals surface area contributed by atoms with Crippen LogP contribution in [0, 0.1) is 0 Å². The highest BCUT2D eigenvalue weighted by molar-refractivity contribution is 6.33. The van der Waals surface area contributed by atoms with Gasteiger partial charge in [-0.3, -0.25) is 14.6 Å². The predicted molar refractivity (Wildman–Crippen MR) is 140 cm³/mol. The summed E-state index contributed by atoms with van der Waals surface area (Å²) < 4.78 is 5.82. The minimum absolute atomic E-state index is 0.0260. The van der Waals surface area contributed by atoms with Crippen LogP contribution in [0.5, 0.6) is 5.75 Å². The van der Waals surface area contributed by atoms with E-state index in [1.807, 2.05) is 42.3 Å². The molecule has 0 bridgehead atoms. The molecule has 2 aliphatic heterocycles. The van der Waals surface area contributed by atoms with Crippen molar-refractivity contribution in [2.45, 2.75) is 31.3 Å². The van der Waals surface area contributed by atoms with E-state index in [0.29, 0.717) is 34.9 Å². The van der Waals surface area contributed by atoms with E-state index in [1.54, 1.807) is 36.7 Å². The molecule has 5 rings (SSSR count). The summed E-state index contributed by atoms with van der Waals surface area (Å²) in [7, 11) is 1.88. The highest BCUT2D eigenvalue weighted by Crippen LogP contribution is 2.34. The maximum Gasteiger partial charge on any atom is 0.253 e. The molecule has 36 heavy (non-hydrogen) atoms. The molecule has 1 fully saturated rings. The van der Waals surface area contributed by atoms with Gasteiger partial charge >= 0.3 is 0 Å². The number of fused-ring (bicyclic) bond motifs is 1. The number of piperidine rings is 1. The number of nitrogens with zero attached hydrogens (tertiary/aromatic N) is 3. The third-order valence-electron chi connectivity index (χ3n) is 7.08. The number of hydrogen-bond acceptors (Lipinski definition) is 5. The number of benzene rings is 2. The van der Waals surface area contributed by atoms with Gasteiger partial charge in [0.1, 0.15) is 5.75 Å². The number of hydrogen-bond donors (Lipinski definition) is 1. The lowest BCUT2D eigenvalue weighted by atomic mass is 9.96. The number of halogens is 1. The Balaban J connectivity index is 1.28. The van der Waals surface area contributed by atoms with Crippen molar-refractivity contribution in [3.05, 3.63) is 88.7 Å². The fraction of sp³-hybridized carbons (Fsp3) is 0.321. The molecule has 8 heteroatoms. The lowest BCUT2D eigenvalue weighted by Crippen LogP contribution is -2.45. The third-order valence-corrected chi connectivity index (χ3v) is 7.41. The van der Waals surface area contributed by atoms with Gasteiger partial charge in [0.05, 0.1) is 23.2 Å². The lowest BCUT2D eigenvalue weighted by Gasteiger charge is -2.38. The lowest BCUT2D eigenvalue weighted by molar-refractivity contribution is 0.0709. The summed E-state index contributed by atoms with van der Waals surface area (Å²) in [5.41, 5.74) is 3.00. The SMILES string of the molecule is CN(C(=O)c1ccc2c(c1)[C@H](NC(=O)c1ccccc1Cl)CCO2)C1CCN(c2ccncc2)CC1. The van der Waals surface area contributed by atoms with Crippen molar-refractivity contribution >= 4 is 29.1 Å². The number of aromatic nitrogens is 1. The van der Waals surface area contributed by atoms with E-state index >= 15 is 0 Å². The van der Waals surface area contributed by atoms with Crippen LogP contribution in [0.3, 0.4) is 0 Å². The molecule has 3 aromatic rings. The van der Waals surface area contributed by atoms with Gasteiger partial charge < -0.3 is 19.9 Å². The van der Waals surface area contributed by atoms with Crippen LogP contribution in [0.25, 0.3) is 0 Å². The molecule has 1 N–H and O–H groups in total. The first kappa shape index (κ1) is 24.1. The van der Waals surface area contributed by atoms with E-state index in [4.69, 9.17) is 16.3 Å². The van der Waals surface area contributed by atoms with Crippen LogP contribution in [0.1, 0.15) is 51.6 Å². The highest BCUT2D eigenvalue weighted by atomic mass is 35.5. The topological polar surface area (TPSA) is 74.8 Å². The van der Waals surface area contributed by atoms with Crippen LogP contribution < -0.4 is 15.0 Å². The van der Waals surface area contributed by atoms with Crippen LogP contribution >= 0.6 is 11.6 Å². The second-order valence-electron chi connectivity index (χ2n) is 9.24. The molecule has 2 aliphatic rings. The number of rotatable bonds is 5. The number of carbonyl (C=O) groups excluding carboxylic acids is 2. The smallest absolute Gasteiger partial charge is 0.253 e. The van der Waals surface area contributed by atoms with E-state index in [-0.39, 0.29) is 23.9 Å². The van der Waals surface area contributed by atoms with Crippen molar-refractivity contribution in [3.63, 3.8) is 0 Å². The average molecular weight is 505 g/mol. The minimum Gasteiger partial charge on any atom is -0.493 e. The summed E-state index contributed by atoms with van der Waals surface area (Å²) in [6.07, 6.45) is 6.02. The van der Waals surface area contributed by atoms with Crippen LogP contribution in [0.15, 0.2) is 67.0 Å². The van der Waals surface area contributed by atoms with Crippen molar-refractivity contribution in [2.75, 3.05) is 31.6 Å². The van der Waals surface area contributed by atoms with Crippen LogP contribution in [0.2, 0.25) is 5.02 Å². The highest BCUT2D eigenvalue weighted by Gasteiger charge is 2.29. The maximum absolute atomic E-state index is 13.4. The Morgan fingerprint density at radius 2 is 1.81 bits per heavy atom.